The minimum absolute atomic E-state index is 0.133. The van der Waals surface area contributed by atoms with Gasteiger partial charge < -0.3 is 0 Å². The lowest BCUT2D eigenvalue weighted by molar-refractivity contribution is -0.0492. The topological polar surface area (TPSA) is 0 Å². The van der Waals surface area contributed by atoms with Gasteiger partial charge in [0.2, 0.25) is 5.92 Å². The maximum atomic E-state index is 13.1. The minimum atomic E-state index is -2.36. The fourth-order valence-corrected chi connectivity index (χ4v) is 3.86. The van der Waals surface area contributed by atoms with Crippen molar-refractivity contribution in [3.8, 4) is 0 Å². The van der Waals surface area contributed by atoms with Crippen LogP contribution >= 0.6 is 0 Å². The van der Waals surface area contributed by atoms with Crippen molar-refractivity contribution >= 4 is 0 Å². The predicted octanol–water partition coefficient (Wildman–Crippen LogP) is 5.42. The van der Waals surface area contributed by atoms with E-state index in [2.05, 4.69) is 13.8 Å². The Balaban J connectivity index is 1.78. The Labute approximate surface area is 104 Å². The van der Waals surface area contributed by atoms with Gasteiger partial charge in [0.25, 0.3) is 0 Å². The van der Waals surface area contributed by atoms with Crippen LogP contribution in [0.2, 0.25) is 0 Å². The van der Waals surface area contributed by atoms with Crippen molar-refractivity contribution in [2.75, 3.05) is 0 Å². The largest absolute Gasteiger partial charge is 0.248 e. The van der Waals surface area contributed by atoms with Gasteiger partial charge in [-0.15, -0.1) is 0 Å². The molecule has 0 amide bonds. The van der Waals surface area contributed by atoms with E-state index in [4.69, 9.17) is 0 Å². The van der Waals surface area contributed by atoms with Gasteiger partial charge in [0.1, 0.15) is 0 Å². The minimum Gasteiger partial charge on any atom is -0.207 e. The number of rotatable bonds is 2. The Morgan fingerprint density at radius 1 is 0.941 bits per heavy atom. The third-order valence-electron chi connectivity index (χ3n) is 4.81. The average Bonchev–Trinajstić information content (AvgIpc) is 2.20. The van der Waals surface area contributed by atoms with Gasteiger partial charge in [0.15, 0.2) is 0 Å². The van der Waals surface area contributed by atoms with E-state index in [1.165, 1.54) is 32.1 Å². The average molecular weight is 244 g/mol. The van der Waals surface area contributed by atoms with E-state index in [-0.39, 0.29) is 12.8 Å². The van der Waals surface area contributed by atoms with Gasteiger partial charge in [-0.05, 0) is 49.4 Å². The fourth-order valence-electron chi connectivity index (χ4n) is 3.86. The van der Waals surface area contributed by atoms with Crippen LogP contribution in [-0.2, 0) is 0 Å². The Morgan fingerprint density at radius 2 is 1.59 bits per heavy atom. The zero-order valence-corrected chi connectivity index (χ0v) is 11.3. The molecule has 1 atom stereocenters. The molecule has 1 unspecified atom stereocenters. The monoisotopic (exact) mass is 244 g/mol. The first-order valence-electron chi connectivity index (χ1n) is 7.24. The second-order valence-corrected chi connectivity index (χ2v) is 7.16. The molecule has 2 heteroatoms. The molecule has 0 bridgehead atoms. The lowest BCUT2D eigenvalue weighted by Gasteiger charge is -2.38. The van der Waals surface area contributed by atoms with E-state index in [1.54, 1.807) is 0 Å². The molecule has 0 aliphatic heterocycles. The lowest BCUT2D eigenvalue weighted by Crippen LogP contribution is -2.28. The summed E-state index contributed by atoms with van der Waals surface area (Å²) in [5, 5.41) is 0. The summed E-state index contributed by atoms with van der Waals surface area (Å²) in [6.45, 7) is 4.71. The molecule has 2 aliphatic rings. The SMILES string of the molecule is CC1(C)CCCC(CC2CCC(F)(F)CC2)C1. The third-order valence-corrected chi connectivity index (χ3v) is 4.81. The number of hydrogen-bond acceptors (Lipinski definition) is 0. The second-order valence-electron chi connectivity index (χ2n) is 7.16. The first-order valence-corrected chi connectivity index (χ1v) is 7.24. The van der Waals surface area contributed by atoms with Gasteiger partial charge >= 0.3 is 0 Å². The van der Waals surface area contributed by atoms with Crippen molar-refractivity contribution in [1.82, 2.24) is 0 Å². The molecule has 0 radical (unpaired) electrons. The number of halogens is 2. The van der Waals surface area contributed by atoms with E-state index >= 15 is 0 Å². The normalized spacial score (nSPS) is 33.5. The zero-order valence-electron chi connectivity index (χ0n) is 11.3. The summed E-state index contributed by atoms with van der Waals surface area (Å²) in [5.74, 6) is -0.980. The highest BCUT2D eigenvalue weighted by atomic mass is 19.3. The quantitative estimate of drug-likeness (QED) is 0.608. The first-order chi connectivity index (χ1) is 7.86. The van der Waals surface area contributed by atoms with Gasteiger partial charge in [-0.1, -0.05) is 26.7 Å². The number of alkyl halides is 2. The van der Waals surface area contributed by atoms with Gasteiger partial charge in [-0.3, -0.25) is 0 Å². The third kappa shape index (κ3) is 3.93. The predicted molar refractivity (Wildman–Crippen MR) is 67.3 cm³/mol. The highest BCUT2D eigenvalue weighted by molar-refractivity contribution is 4.83. The van der Waals surface area contributed by atoms with E-state index < -0.39 is 5.92 Å². The van der Waals surface area contributed by atoms with Crippen LogP contribution in [0, 0.1) is 17.3 Å². The molecular weight excluding hydrogens is 218 g/mol. The fraction of sp³-hybridized carbons (Fsp3) is 1.00. The molecule has 0 aromatic carbocycles. The van der Waals surface area contributed by atoms with Gasteiger partial charge in [-0.2, -0.15) is 0 Å². The Hall–Kier alpha value is -0.140. The van der Waals surface area contributed by atoms with Crippen molar-refractivity contribution in [1.29, 1.82) is 0 Å². The molecule has 2 fully saturated rings. The van der Waals surface area contributed by atoms with Crippen molar-refractivity contribution < 1.29 is 8.78 Å². The number of hydrogen-bond donors (Lipinski definition) is 0. The van der Waals surface area contributed by atoms with Crippen LogP contribution in [0.5, 0.6) is 0 Å². The Kier molecular flexibility index (Phi) is 3.80. The molecular formula is C15H26F2. The van der Waals surface area contributed by atoms with E-state index in [0.717, 1.165) is 18.8 Å². The van der Waals surface area contributed by atoms with Crippen molar-refractivity contribution in [3.05, 3.63) is 0 Å². The molecule has 0 spiro atoms. The standard InChI is InChI=1S/C15H26F2/c1-14(2)7-3-4-13(11-14)10-12-5-8-15(16,17)9-6-12/h12-13H,3-11H2,1-2H3. The highest BCUT2D eigenvalue weighted by Gasteiger charge is 2.36. The molecule has 0 saturated heterocycles. The summed E-state index contributed by atoms with van der Waals surface area (Å²) >= 11 is 0. The zero-order chi connectivity index (χ0) is 12.5. The maximum absolute atomic E-state index is 13.1. The van der Waals surface area contributed by atoms with Crippen LogP contribution in [-0.4, -0.2) is 5.92 Å². The van der Waals surface area contributed by atoms with E-state index in [1.807, 2.05) is 0 Å². The van der Waals surface area contributed by atoms with Gasteiger partial charge in [-0.25, -0.2) is 8.78 Å². The van der Waals surface area contributed by atoms with Crippen LogP contribution < -0.4 is 0 Å². The Morgan fingerprint density at radius 3 is 2.18 bits per heavy atom. The van der Waals surface area contributed by atoms with Crippen LogP contribution in [0.1, 0.15) is 71.6 Å². The van der Waals surface area contributed by atoms with Crippen LogP contribution in [0.25, 0.3) is 0 Å². The van der Waals surface area contributed by atoms with Gasteiger partial charge in [0, 0.05) is 12.8 Å². The molecule has 100 valence electrons. The summed E-state index contributed by atoms with van der Waals surface area (Å²) in [7, 11) is 0. The molecule has 0 aromatic rings. The van der Waals surface area contributed by atoms with Crippen molar-refractivity contribution in [3.63, 3.8) is 0 Å². The maximum Gasteiger partial charge on any atom is 0.248 e. The molecule has 17 heavy (non-hydrogen) atoms. The summed E-state index contributed by atoms with van der Waals surface area (Å²) < 4.78 is 26.2. The van der Waals surface area contributed by atoms with Crippen LogP contribution in [0.3, 0.4) is 0 Å². The molecule has 2 rings (SSSR count). The Bertz CT molecular complexity index is 248. The van der Waals surface area contributed by atoms with Crippen molar-refractivity contribution in [2.24, 2.45) is 17.3 Å². The second kappa shape index (κ2) is 4.85. The summed E-state index contributed by atoms with van der Waals surface area (Å²) in [5.41, 5.74) is 0.488. The lowest BCUT2D eigenvalue weighted by atomic mass is 9.68. The first kappa shape index (κ1) is 13.3. The molecule has 0 nitrogen and oxygen atoms in total. The summed E-state index contributed by atoms with van der Waals surface area (Å²) in [6, 6.07) is 0. The van der Waals surface area contributed by atoms with Crippen LogP contribution in [0.15, 0.2) is 0 Å². The summed E-state index contributed by atoms with van der Waals surface area (Å²) in [4.78, 5) is 0. The van der Waals surface area contributed by atoms with Crippen molar-refractivity contribution in [2.45, 2.75) is 77.6 Å². The highest BCUT2D eigenvalue weighted by Crippen LogP contribution is 2.44. The summed E-state index contributed by atoms with van der Waals surface area (Å²) in [6.07, 6.45) is 8.29. The smallest absolute Gasteiger partial charge is 0.207 e. The van der Waals surface area contributed by atoms with E-state index in [9.17, 15) is 8.78 Å². The molecule has 0 heterocycles. The van der Waals surface area contributed by atoms with Crippen LogP contribution in [0.4, 0.5) is 8.78 Å². The molecule has 2 saturated carbocycles. The molecule has 0 N–H and O–H groups in total. The molecule has 2 aliphatic carbocycles. The van der Waals surface area contributed by atoms with Gasteiger partial charge in [0.05, 0.1) is 0 Å². The molecule has 0 aromatic heterocycles. The van der Waals surface area contributed by atoms with E-state index in [0.29, 0.717) is 11.3 Å².